The number of aliphatic hydroxyl groups is 1. The first-order valence-corrected chi connectivity index (χ1v) is 16.3. The number of sulfone groups is 1. The molecule has 2 atom stereocenters. The molecule has 0 aromatic heterocycles. The molecule has 2 saturated heterocycles. The highest BCUT2D eigenvalue weighted by molar-refractivity contribution is 7.90. The molecule has 2 aromatic rings. The zero-order chi connectivity index (χ0) is 31.3. The second-order valence-electron chi connectivity index (χ2n) is 12.2. The smallest absolute Gasteiger partial charge is 0.410 e. The zero-order valence-corrected chi connectivity index (χ0v) is 26.0. The number of piperidine rings is 1. The summed E-state index contributed by atoms with van der Waals surface area (Å²) in [5.74, 6) is 0.294. The van der Waals surface area contributed by atoms with Gasteiger partial charge in [0.25, 0.3) is 0 Å². The van der Waals surface area contributed by atoms with Crippen molar-refractivity contribution in [2.75, 3.05) is 39.1 Å². The van der Waals surface area contributed by atoms with Gasteiger partial charge in [0, 0.05) is 19.3 Å². The van der Waals surface area contributed by atoms with Gasteiger partial charge in [-0.3, -0.25) is 0 Å². The molecule has 2 fully saturated rings. The van der Waals surface area contributed by atoms with Gasteiger partial charge in [-0.25, -0.2) is 18.0 Å². The summed E-state index contributed by atoms with van der Waals surface area (Å²) in [6, 6.07) is 15.2. The highest BCUT2D eigenvalue weighted by Gasteiger charge is 2.47. The van der Waals surface area contributed by atoms with E-state index in [1.807, 2.05) is 30.3 Å². The van der Waals surface area contributed by atoms with Gasteiger partial charge in [-0.15, -0.1) is 0 Å². The van der Waals surface area contributed by atoms with Crippen molar-refractivity contribution in [3.05, 3.63) is 60.2 Å². The van der Waals surface area contributed by atoms with Gasteiger partial charge in [0.2, 0.25) is 0 Å². The number of rotatable bonds is 9. The molecular formula is C31H42N2O9S. The van der Waals surface area contributed by atoms with E-state index in [1.54, 1.807) is 37.8 Å². The summed E-state index contributed by atoms with van der Waals surface area (Å²) in [4.78, 5) is 29.2. The van der Waals surface area contributed by atoms with E-state index in [9.17, 15) is 23.1 Å². The molecule has 0 unspecified atom stereocenters. The number of carbonyl (C=O) groups is 2. The van der Waals surface area contributed by atoms with Gasteiger partial charge in [0.1, 0.15) is 30.7 Å². The number of amides is 2. The van der Waals surface area contributed by atoms with E-state index in [4.69, 9.17) is 18.9 Å². The molecule has 0 bridgehead atoms. The molecule has 2 heterocycles. The third-order valence-electron chi connectivity index (χ3n) is 7.48. The van der Waals surface area contributed by atoms with E-state index in [-0.39, 0.29) is 43.4 Å². The van der Waals surface area contributed by atoms with Crippen LogP contribution in [0.3, 0.4) is 0 Å². The second-order valence-corrected chi connectivity index (χ2v) is 14.2. The number of aliphatic hydroxyl groups excluding tert-OH is 1. The molecule has 12 heteroatoms. The first-order chi connectivity index (χ1) is 20.2. The SMILES string of the molecule is CC(C)(C)OC(=O)N(C[C@@H](O)COc1cccc(S(C)(=O)=O)c1)[C@@H]1COC2(CCN(C(=O)OCc3ccccc3)CC2)C1. The Balaban J connectivity index is 1.34. The van der Waals surface area contributed by atoms with E-state index < -0.39 is 33.2 Å². The number of carbonyl (C=O) groups excluding carboxylic acids is 2. The molecule has 2 aliphatic rings. The summed E-state index contributed by atoms with van der Waals surface area (Å²) in [7, 11) is -3.41. The highest BCUT2D eigenvalue weighted by Crippen LogP contribution is 2.38. The number of nitrogens with zero attached hydrogens (tertiary/aromatic N) is 2. The molecule has 236 valence electrons. The van der Waals surface area contributed by atoms with Crippen LogP contribution >= 0.6 is 0 Å². The fourth-order valence-electron chi connectivity index (χ4n) is 5.24. The van der Waals surface area contributed by atoms with Gasteiger partial charge < -0.3 is 33.9 Å². The highest BCUT2D eigenvalue weighted by atomic mass is 32.2. The Labute approximate surface area is 253 Å². The Morgan fingerprint density at radius 3 is 2.47 bits per heavy atom. The summed E-state index contributed by atoms with van der Waals surface area (Å²) in [5, 5.41) is 10.9. The second kappa shape index (κ2) is 13.5. The maximum atomic E-state index is 13.3. The van der Waals surface area contributed by atoms with Crippen LogP contribution in [0.5, 0.6) is 5.75 Å². The Morgan fingerprint density at radius 1 is 1.12 bits per heavy atom. The fourth-order valence-corrected chi connectivity index (χ4v) is 5.89. The quantitative estimate of drug-likeness (QED) is 0.443. The Bertz CT molecular complexity index is 1350. The molecular weight excluding hydrogens is 576 g/mol. The predicted octanol–water partition coefficient (Wildman–Crippen LogP) is 4.03. The van der Waals surface area contributed by atoms with Crippen molar-refractivity contribution in [1.29, 1.82) is 0 Å². The molecule has 0 aliphatic carbocycles. The first kappa shape index (κ1) is 32.6. The van der Waals surface area contributed by atoms with Gasteiger partial charge in [-0.2, -0.15) is 0 Å². The summed E-state index contributed by atoms with van der Waals surface area (Å²) >= 11 is 0. The monoisotopic (exact) mass is 618 g/mol. The Kier molecular flexibility index (Phi) is 10.2. The lowest BCUT2D eigenvalue weighted by molar-refractivity contribution is -0.0432. The third kappa shape index (κ3) is 9.32. The van der Waals surface area contributed by atoms with Crippen LogP contribution in [-0.2, 0) is 30.7 Å². The minimum atomic E-state index is -3.41. The molecule has 1 N–H and O–H groups in total. The van der Waals surface area contributed by atoms with Gasteiger partial charge >= 0.3 is 12.2 Å². The number of ether oxygens (including phenoxy) is 4. The molecule has 0 radical (unpaired) electrons. The lowest BCUT2D eigenvalue weighted by Crippen LogP contribution is -2.50. The van der Waals surface area contributed by atoms with Crippen molar-refractivity contribution < 1.29 is 42.1 Å². The van der Waals surface area contributed by atoms with Crippen LogP contribution in [0.15, 0.2) is 59.5 Å². The standard InChI is InChI=1S/C31H42N2O9S/c1-30(2,3)42-29(36)33(19-25(34)22-39-26-11-8-12-27(17-26)43(4,37)38)24-18-31(41-21-24)13-15-32(16-14-31)28(35)40-20-23-9-6-5-7-10-23/h5-12,17,24-25,34H,13-16,18-22H2,1-4H3/t24-,25+/m0/s1. The lowest BCUT2D eigenvalue weighted by atomic mass is 9.87. The maximum absolute atomic E-state index is 13.3. The summed E-state index contributed by atoms with van der Waals surface area (Å²) in [5.41, 5.74) is -0.330. The van der Waals surface area contributed by atoms with E-state index in [0.29, 0.717) is 38.1 Å². The molecule has 4 rings (SSSR count). The normalized spacial score (nSPS) is 19.1. The first-order valence-electron chi connectivity index (χ1n) is 14.4. The number of hydrogen-bond donors (Lipinski definition) is 1. The van der Waals surface area contributed by atoms with Crippen molar-refractivity contribution in [2.45, 2.75) is 74.9 Å². The fraction of sp³-hybridized carbons (Fsp3) is 0.548. The van der Waals surface area contributed by atoms with Crippen molar-refractivity contribution in [3.63, 3.8) is 0 Å². The van der Waals surface area contributed by atoms with Gasteiger partial charge in [-0.05, 0) is 63.8 Å². The van der Waals surface area contributed by atoms with Gasteiger partial charge in [-0.1, -0.05) is 36.4 Å². The van der Waals surface area contributed by atoms with Crippen LogP contribution in [0, 0.1) is 0 Å². The van der Waals surface area contributed by atoms with Crippen LogP contribution in [0.25, 0.3) is 0 Å². The largest absolute Gasteiger partial charge is 0.491 e. The van der Waals surface area contributed by atoms with E-state index in [1.165, 1.54) is 17.0 Å². The lowest BCUT2D eigenvalue weighted by Gasteiger charge is -2.38. The van der Waals surface area contributed by atoms with Gasteiger partial charge in [0.15, 0.2) is 9.84 Å². The summed E-state index contributed by atoms with van der Waals surface area (Å²) in [6.45, 7) is 6.51. The van der Waals surface area contributed by atoms with Crippen molar-refractivity contribution >= 4 is 22.0 Å². The van der Waals surface area contributed by atoms with Crippen LogP contribution < -0.4 is 4.74 Å². The molecule has 2 aliphatic heterocycles. The summed E-state index contributed by atoms with van der Waals surface area (Å²) in [6.07, 6.45) is 0.808. The van der Waals surface area contributed by atoms with E-state index in [2.05, 4.69) is 0 Å². The van der Waals surface area contributed by atoms with Crippen LogP contribution in [0.2, 0.25) is 0 Å². The molecule has 1 spiro atoms. The van der Waals surface area contributed by atoms with Crippen LogP contribution in [0.4, 0.5) is 9.59 Å². The average Bonchev–Trinajstić information content (AvgIpc) is 3.36. The van der Waals surface area contributed by atoms with Crippen molar-refractivity contribution in [3.8, 4) is 5.75 Å². The average molecular weight is 619 g/mol. The molecule has 11 nitrogen and oxygen atoms in total. The predicted molar refractivity (Wildman–Crippen MR) is 159 cm³/mol. The molecule has 2 amide bonds. The minimum absolute atomic E-state index is 0.0667. The van der Waals surface area contributed by atoms with E-state index >= 15 is 0 Å². The molecule has 2 aromatic carbocycles. The van der Waals surface area contributed by atoms with E-state index in [0.717, 1.165) is 11.8 Å². The number of benzene rings is 2. The Morgan fingerprint density at radius 2 is 1.81 bits per heavy atom. The number of hydrogen-bond acceptors (Lipinski definition) is 9. The minimum Gasteiger partial charge on any atom is -0.491 e. The number of likely N-dealkylation sites (tertiary alicyclic amines) is 1. The topological polar surface area (TPSA) is 132 Å². The molecule has 0 saturated carbocycles. The zero-order valence-electron chi connectivity index (χ0n) is 25.2. The van der Waals surface area contributed by atoms with Crippen molar-refractivity contribution in [2.24, 2.45) is 0 Å². The Hall–Kier alpha value is -3.35. The summed E-state index contributed by atoms with van der Waals surface area (Å²) < 4.78 is 46.8. The maximum Gasteiger partial charge on any atom is 0.410 e. The molecule has 43 heavy (non-hydrogen) atoms. The van der Waals surface area contributed by atoms with Gasteiger partial charge in [0.05, 0.1) is 29.7 Å². The van der Waals surface area contributed by atoms with Crippen LogP contribution in [0.1, 0.15) is 45.6 Å². The van der Waals surface area contributed by atoms with Crippen LogP contribution in [-0.4, -0.2) is 98.0 Å². The van der Waals surface area contributed by atoms with Crippen molar-refractivity contribution in [1.82, 2.24) is 9.80 Å². The third-order valence-corrected chi connectivity index (χ3v) is 8.59.